The molecule has 0 amide bonds. The number of thiazole rings is 1. The summed E-state index contributed by atoms with van der Waals surface area (Å²) < 4.78 is 10.7. The molecule has 0 fully saturated rings. The van der Waals surface area contributed by atoms with Crippen LogP contribution in [-0.4, -0.2) is 19.2 Å². The maximum Gasteiger partial charge on any atom is 0.187 e. The fourth-order valence-corrected chi connectivity index (χ4v) is 2.99. The number of rotatable bonds is 5. The first kappa shape index (κ1) is 15.8. The van der Waals surface area contributed by atoms with E-state index in [-0.39, 0.29) is 0 Å². The summed E-state index contributed by atoms with van der Waals surface area (Å²) in [5, 5.41) is 14.9. The van der Waals surface area contributed by atoms with Gasteiger partial charge in [-0.25, -0.2) is 4.98 Å². The number of hydrogen-bond acceptors (Lipinski definition) is 6. The largest absolute Gasteiger partial charge is 0.497 e. The van der Waals surface area contributed by atoms with Crippen LogP contribution in [0.3, 0.4) is 0 Å². The minimum Gasteiger partial charge on any atom is -0.497 e. The Labute approximate surface area is 144 Å². The molecule has 0 unspecified atom stereocenters. The van der Waals surface area contributed by atoms with Crippen molar-refractivity contribution >= 4 is 22.2 Å². The fourth-order valence-electron chi connectivity index (χ4n) is 2.26. The van der Waals surface area contributed by atoms with Gasteiger partial charge >= 0.3 is 0 Å². The summed E-state index contributed by atoms with van der Waals surface area (Å²) in [7, 11) is 3.26. The molecule has 3 rings (SSSR count). The molecule has 0 atom stereocenters. The van der Waals surface area contributed by atoms with E-state index in [1.54, 1.807) is 26.4 Å². The first-order valence-electron chi connectivity index (χ1n) is 7.18. The van der Waals surface area contributed by atoms with Gasteiger partial charge in [0.1, 0.15) is 11.5 Å². The lowest BCUT2D eigenvalue weighted by Gasteiger charge is -2.08. The van der Waals surface area contributed by atoms with Crippen molar-refractivity contribution in [2.45, 2.75) is 0 Å². The number of methoxy groups -OCH3 is 2. The van der Waals surface area contributed by atoms with Crippen LogP contribution < -0.4 is 14.8 Å². The zero-order valence-electron chi connectivity index (χ0n) is 13.2. The summed E-state index contributed by atoms with van der Waals surface area (Å²) in [6.45, 7) is 0. The van der Waals surface area contributed by atoms with Gasteiger partial charge in [0.2, 0.25) is 0 Å². The second-order valence-electron chi connectivity index (χ2n) is 4.92. The van der Waals surface area contributed by atoms with Gasteiger partial charge in [-0.2, -0.15) is 5.26 Å². The van der Waals surface area contributed by atoms with E-state index >= 15 is 0 Å². The molecule has 1 heterocycles. The molecule has 0 saturated heterocycles. The van der Waals surface area contributed by atoms with Crippen LogP contribution in [0.4, 0.5) is 10.8 Å². The van der Waals surface area contributed by atoms with Crippen LogP contribution in [0.25, 0.3) is 11.3 Å². The van der Waals surface area contributed by atoms with Crippen LogP contribution in [0.5, 0.6) is 11.5 Å². The highest BCUT2D eigenvalue weighted by atomic mass is 32.1. The van der Waals surface area contributed by atoms with Crippen molar-refractivity contribution in [1.82, 2.24) is 4.98 Å². The normalized spacial score (nSPS) is 10.0. The molecule has 24 heavy (non-hydrogen) atoms. The molecule has 6 heteroatoms. The molecule has 0 aliphatic carbocycles. The number of hydrogen-bond donors (Lipinski definition) is 1. The van der Waals surface area contributed by atoms with Crippen molar-refractivity contribution < 1.29 is 9.47 Å². The van der Waals surface area contributed by atoms with Gasteiger partial charge in [-0.3, -0.25) is 0 Å². The monoisotopic (exact) mass is 337 g/mol. The van der Waals surface area contributed by atoms with Crippen LogP contribution >= 0.6 is 11.3 Å². The van der Waals surface area contributed by atoms with E-state index in [0.29, 0.717) is 5.56 Å². The number of ether oxygens (including phenoxy) is 2. The lowest BCUT2D eigenvalue weighted by molar-refractivity contribution is 0.404. The van der Waals surface area contributed by atoms with Gasteiger partial charge in [-0.1, -0.05) is 6.07 Å². The summed E-state index contributed by atoms with van der Waals surface area (Å²) in [5.74, 6) is 1.48. The molecule has 0 bridgehead atoms. The highest BCUT2D eigenvalue weighted by Gasteiger charge is 2.12. The average molecular weight is 337 g/mol. The Kier molecular flexibility index (Phi) is 4.64. The smallest absolute Gasteiger partial charge is 0.187 e. The fraction of sp³-hybridized carbons (Fsp3) is 0.111. The Bertz CT molecular complexity index is 899. The summed E-state index contributed by atoms with van der Waals surface area (Å²) in [5.41, 5.74) is 3.10. The van der Waals surface area contributed by atoms with Crippen LogP contribution in [0, 0.1) is 11.3 Å². The van der Waals surface area contributed by atoms with E-state index in [4.69, 9.17) is 14.7 Å². The SMILES string of the molecule is COc1ccc(OC)c(-c2csc(Nc3cccc(C#N)c3)n2)c1. The second kappa shape index (κ2) is 7.02. The Morgan fingerprint density at radius 1 is 1.12 bits per heavy atom. The van der Waals surface area contributed by atoms with Crippen LogP contribution in [0.15, 0.2) is 47.8 Å². The van der Waals surface area contributed by atoms with E-state index in [1.165, 1.54) is 11.3 Å². The number of nitrogens with one attached hydrogen (secondary N) is 1. The molecule has 0 aliphatic heterocycles. The summed E-state index contributed by atoms with van der Waals surface area (Å²) in [4.78, 5) is 4.60. The Balaban J connectivity index is 1.89. The first-order valence-corrected chi connectivity index (χ1v) is 8.06. The summed E-state index contributed by atoms with van der Waals surface area (Å²) in [6, 6.07) is 15.0. The number of nitriles is 1. The number of nitrogens with zero attached hydrogens (tertiary/aromatic N) is 2. The summed E-state index contributed by atoms with van der Waals surface area (Å²) in [6.07, 6.45) is 0. The minimum absolute atomic E-state index is 0.603. The first-order chi connectivity index (χ1) is 11.7. The van der Waals surface area contributed by atoms with Crippen molar-refractivity contribution in [3.8, 4) is 28.8 Å². The molecule has 120 valence electrons. The van der Waals surface area contributed by atoms with Gasteiger partial charge in [0, 0.05) is 16.6 Å². The lowest BCUT2D eigenvalue weighted by atomic mass is 10.1. The molecular weight excluding hydrogens is 322 g/mol. The minimum atomic E-state index is 0.603. The molecule has 0 aliphatic rings. The van der Waals surface area contributed by atoms with E-state index in [1.807, 2.05) is 35.7 Å². The molecule has 0 spiro atoms. The van der Waals surface area contributed by atoms with Crippen molar-refractivity contribution in [2.75, 3.05) is 19.5 Å². The Morgan fingerprint density at radius 3 is 2.75 bits per heavy atom. The molecule has 3 aromatic rings. The topological polar surface area (TPSA) is 67.2 Å². The number of benzene rings is 2. The van der Waals surface area contributed by atoms with Crippen LogP contribution in [-0.2, 0) is 0 Å². The van der Waals surface area contributed by atoms with E-state index in [0.717, 1.165) is 33.6 Å². The molecule has 2 aromatic carbocycles. The standard InChI is InChI=1S/C18H15N3O2S/c1-22-14-6-7-17(23-2)15(9-14)16-11-24-18(21-16)20-13-5-3-4-12(8-13)10-19/h3-9,11H,1-2H3,(H,20,21). The number of aromatic nitrogens is 1. The second-order valence-corrected chi connectivity index (χ2v) is 5.78. The lowest BCUT2D eigenvalue weighted by Crippen LogP contribution is -1.92. The molecule has 0 radical (unpaired) electrons. The van der Waals surface area contributed by atoms with Crippen molar-refractivity contribution in [3.63, 3.8) is 0 Å². The third-order valence-electron chi connectivity index (χ3n) is 3.43. The zero-order valence-corrected chi connectivity index (χ0v) is 14.1. The van der Waals surface area contributed by atoms with E-state index in [9.17, 15) is 0 Å². The number of anilines is 2. The molecule has 0 saturated carbocycles. The van der Waals surface area contributed by atoms with Gasteiger partial charge in [-0.15, -0.1) is 11.3 Å². The summed E-state index contributed by atoms with van der Waals surface area (Å²) >= 11 is 1.48. The third kappa shape index (κ3) is 3.31. The van der Waals surface area contributed by atoms with Crippen LogP contribution in [0.2, 0.25) is 0 Å². The Hall–Kier alpha value is -3.04. The molecule has 5 nitrogen and oxygen atoms in total. The quantitative estimate of drug-likeness (QED) is 0.745. The van der Waals surface area contributed by atoms with Gasteiger partial charge in [0.15, 0.2) is 5.13 Å². The van der Waals surface area contributed by atoms with Crippen molar-refractivity contribution in [2.24, 2.45) is 0 Å². The Morgan fingerprint density at radius 2 is 2.00 bits per heavy atom. The van der Waals surface area contributed by atoms with Gasteiger partial charge in [0.05, 0.1) is 31.5 Å². The van der Waals surface area contributed by atoms with Crippen molar-refractivity contribution in [3.05, 3.63) is 53.4 Å². The zero-order chi connectivity index (χ0) is 16.9. The third-order valence-corrected chi connectivity index (χ3v) is 4.19. The van der Waals surface area contributed by atoms with Gasteiger partial charge < -0.3 is 14.8 Å². The highest BCUT2D eigenvalue weighted by molar-refractivity contribution is 7.14. The predicted octanol–water partition coefficient (Wildman–Crippen LogP) is 4.44. The van der Waals surface area contributed by atoms with E-state index < -0.39 is 0 Å². The highest BCUT2D eigenvalue weighted by Crippen LogP contribution is 2.35. The maximum atomic E-state index is 8.97. The molecule has 1 N–H and O–H groups in total. The molecular formula is C18H15N3O2S. The van der Waals surface area contributed by atoms with Gasteiger partial charge in [-0.05, 0) is 36.4 Å². The molecule has 1 aromatic heterocycles. The van der Waals surface area contributed by atoms with E-state index in [2.05, 4.69) is 16.4 Å². The van der Waals surface area contributed by atoms with Gasteiger partial charge in [0.25, 0.3) is 0 Å². The van der Waals surface area contributed by atoms with Crippen LogP contribution in [0.1, 0.15) is 5.56 Å². The average Bonchev–Trinajstić information content (AvgIpc) is 3.09. The predicted molar refractivity (Wildman–Crippen MR) is 95.1 cm³/mol. The maximum absolute atomic E-state index is 8.97. The van der Waals surface area contributed by atoms with Crippen molar-refractivity contribution in [1.29, 1.82) is 5.26 Å².